The van der Waals surface area contributed by atoms with E-state index in [0.29, 0.717) is 41.4 Å². The van der Waals surface area contributed by atoms with Gasteiger partial charge in [-0.15, -0.1) is 6.58 Å². The Morgan fingerprint density at radius 1 is 0.909 bits per heavy atom. The van der Waals surface area contributed by atoms with Crippen LogP contribution in [0.3, 0.4) is 0 Å². The molecule has 1 aliphatic heterocycles. The van der Waals surface area contributed by atoms with Crippen molar-refractivity contribution in [2.24, 2.45) is 22.9 Å². The van der Waals surface area contributed by atoms with Crippen molar-refractivity contribution >= 4 is 34.2 Å². The monoisotopic (exact) mass is 891 g/mol. The summed E-state index contributed by atoms with van der Waals surface area (Å²) in [6.45, 7) is 4.55. The van der Waals surface area contributed by atoms with Crippen molar-refractivity contribution in [3.05, 3.63) is 172 Å². The molecular formula is C54H57N3O9. The van der Waals surface area contributed by atoms with E-state index in [1.807, 2.05) is 72.8 Å². The van der Waals surface area contributed by atoms with Gasteiger partial charge in [0.1, 0.15) is 29.9 Å². The number of fused-ring (bicyclic) bond motifs is 3. The van der Waals surface area contributed by atoms with Crippen LogP contribution in [-0.4, -0.2) is 70.4 Å². The van der Waals surface area contributed by atoms with Crippen LogP contribution in [0.5, 0.6) is 17.2 Å². The number of likely N-dealkylation sites (N-methyl/N-ethyl adjacent to an activating group) is 1. The number of aliphatic hydroxyl groups is 2. The van der Waals surface area contributed by atoms with Gasteiger partial charge in [-0.05, 0) is 114 Å². The van der Waals surface area contributed by atoms with Crippen LogP contribution in [-0.2, 0) is 21.0 Å². The number of oxime groups is 1. The average molecular weight is 892 g/mol. The highest BCUT2D eigenvalue weighted by Crippen LogP contribution is 2.62. The third kappa shape index (κ3) is 9.96. The van der Waals surface area contributed by atoms with Crippen molar-refractivity contribution in [3.8, 4) is 17.2 Å². The van der Waals surface area contributed by atoms with E-state index < -0.39 is 22.7 Å². The summed E-state index contributed by atoms with van der Waals surface area (Å²) in [5.41, 5.74) is 4.09. The SMILES string of the molecule is C=CCOC12Oc3ccc(Oc4ccc5ccccc5c4)cc3C3C(CCCCO)C(CCCCO)C=C(C(=NOCc4ccccc4)CC1N(C)C(=O)C=Cc1ccc([N+](=O)[O-])cc1)C32. The van der Waals surface area contributed by atoms with E-state index >= 15 is 0 Å². The van der Waals surface area contributed by atoms with Gasteiger partial charge in [0.2, 0.25) is 11.7 Å². The van der Waals surface area contributed by atoms with Crippen LogP contribution in [0, 0.1) is 27.9 Å². The van der Waals surface area contributed by atoms with E-state index in [9.17, 15) is 25.1 Å². The number of hydrogen-bond donors (Lipinski definition) is 2. The van der Waals surface area contributed by atoms with Gasteiger partial charge in [0.15, 0.2) is 0 Å². The summed E-state index contributed by atoms with van der Waals surface area (Å²) < 4.78 is 21.0. The van der Waals surface area contributed by atoms with E-state index in [0.717, 1.165) is 53.2 Å². The van der Waals surface area contributed by atoms with E-state index in [-0.39, 0.29) is 62.2 Å². The quantitative estimate of drug-likeness (QED) is 0.0256. The molecule has 1 fully saturated rings. The highest BCUT2D eigenvalue weighted by atomic mass is 16.7. The van der Waals surface area contributed by atoms with Crippen molar-refractivity contribution in [3.63, 3.8) is 0 Å². The molecule has 1 heterocycles. The van der Waals surface area contributed by atoms with Gasteiger partial charge < -0.3 is 34.2 Å². The maximum atomic E-state index is 14.5. The van der Waals surface area contributed by atoms with Crippen molar-refractivity contribution in [2.75, 3.05) is 26.9 Å². The molecule has 2 aliphatic carbocycles. The van der Waals surface area contributed by atoms with Crippen molar-refractivity contribution in [1.29, 1.82) is 0 Å². The smallest absolute Gasteiger partial charge is 0.269 e. The number of unbranched alkanes of at least 4 members (excludes halogenated alkanes) is 2. The first-order chi connectivity index (χ1) is 32.2. The molecule has 0 radical (unpaired) electrons. The molecule has 8 rings (SSSR count). The van der Waals surface area contributed by atoms with Gasteiger partial charge >= 0.3 is 0 Å². The van der Waals surface area contributed by atoms with Gasteiger partial charge in [0.25, 0.3) is 5.69 Å². The zero-order chi connectivity index (χ0) is 46.0. The van der Waals surface area contributed by atoms with Crippen LogP contribution in [0.1, 0.15) is 67.6 Å². The molecule has 12 nitrogen and oxygen atoms in total. The Kier molecular flexibility index (Phi) is 14.7. The third-order valence-corrected chi connectivity index (χ3v) is 13.2. The number of nitro groups is 1. The summed E-state index contributed by atoms with van der Waals surface area (Å²) in [5.74, 6) is -0.468. The zero-order valence-corrected chi connectivity index (χ0v) is 37.2. The molecule has 5 aromatic carbocycles. The summed E-state index contributed by atoms with van der Waals surface area (Å²) in [4.78, 5) is 33.2. The predicted octanol–water partition coefficient (Wildman–Crippen LogP) is 10.5. The molecule has 6 atom stereocenters. The fraction of sp³-hybridized carbons (Fsp3) is 0.333. The predicted molar refractivity (Wildman–Crippen MR) is 255 cm³/mol. The van der Waals surface area contributed by atoms with E-state index in [4.69, 9.17) is 24.2 Å². The lowest BCUT2D eigenvalue weighted by Gasteiger charge is -2.59. The fourth-order valence-corrected chi connectivity index (χ4v) is 10.1. The van der Waals surface area contributed by atoms with Crippen molar-refractivity contribution in [1.82, 2.24) is 4.90 Å². The summed E-state index contributed by atoms with van der Waals surface area (Å²) >= 11 is 0. The number of non-ortho nitro benzene ring substituents is 1. The highest BCUT2D eigenvalue weighted by molar-refractivity contribution is 6.03. The lowest BCUT2D eigenvalue weighted by Crippen LogP contribution is -2.69. The molecule has 2 N–H and O–H groups in total. The van der Waals surface area contributed by atoms with Crippen LogP contribution in [0.25, 0.3) is 16.8 Å². The Labute approximate surface area is 385 Å². The van der Waals surface area contributed by atoms with Gasteiger partial charge in [-0.1, -0.05) is 90.8 Å². The van der Waals surface area contributed by atoms with E-state index in [1.165, 1.54) is 18.2 Å². The molecule has 5 aromatic rings. The first-order valence-electron chi connectivity index (χ1n) is 22.8. The molecule has 1 saturated carbocycles. The number of benzene rings is 5. The van der Waals surface area contributed by atoms with Gasteiger partial charge in [-0.2, -0.15) is 0 Å². The molecular weight excluding hydrogens is 835 g/mol. The standard InChI is InChI=1S/C54H57N3O9/c1-3-31-63-54-50(56(2)51(60)28-21-37-19-23-42(24-20-37)57(61)62)35-48(55-64-36-38-13-5-4-6-14-38)46-33-41(17-9-11-29-58)45(18-10-12-30-59)52(53(46)54)47-34-44(26-27-49(47)66-54)65-43-25-22-39-15-7-8-16-40(39)32-43/h3-8,13-16,19-28,32-34,41,45,50,52-53,58-59H,1,9-12,17-18,29-31,35-36H2,2H3. The largest absolute Gasteiger partial charge is 0.459 e. The number of allylic oxidation sites excluding steroid dienone is 1. The minimum absolute atomic E-state index is 0.0301. The van der Waals surface area contributed by atoms with Gasteiger partial charge in [-0.25, -0.2) is 0 Å². The Morgan fingerprint density at radius 2 is 1.62 bits per heavy atom. The van der Waals surface area contributed by atoms with E-state index in [2.05, 4.69) is 30.9 Å². The summed E-state index contributed by atoms with van der Waals surface area (Å²) in [6.07, 6.45) is 11.8. The molecule has 66 heavy (non-hydrogen) atoms. The maximum Gasteiger partial charge on any atom is 0.269 e. The Morgan fingerprint density at radius 3 is 2.36 bits per heavy atom. The molecule has 0 saturated heterocycles. The number of ether oxygens (including phenoxy) is 3. The molecule has 0 bridgehead atoms. The Balaban J connectivity index is 1.27. The number of hydrogen-bond acceptors (Lipinski definition) is 10. The highest BCUT2D eigenvalue weighted by Gasteiger charge is 2.65. The van der Waals surface area contributed by atoms with Crippen LogP contribution in [0.2, 0.25) is 0 Å². The second-order valence-electron chi connectivity index (χ2n) is 17.3. The first kappa shape index (κ1) is 45.9. The van der Waals surface area contributed by atoms with Crippen LogP contribution < -0.4 is 9.47 Å². The number of nitro benzene ring substituents is 1. The molecule has 0 aromatic heterocycles. The number of nitrogens with zero attached hydrogens (tertiary/aromatic N) is 3. The number of aliphatic hydroxyl groups excluding tert-OH is 2. The minimum atomic E-state index is -1.44. The lowest BCUT2D eigenvalue weighted by atomic mass is 9.55. The first-order valence-corrected chi connectivity index (χ1v) is 22.8. The number of carbonyl (C=O) groups is 1. The Hall–Kier alpha value is -6.60. The number of rotatable bonds is 20. The molecule has 342 valence electrons. The van der Waals surface area contributed by atoms with Crippen molar-refractivity contribution in [2.45, 2.75) is 69.3 Å². The topological polar surface area (TPSA) is 153 Å². The number of amides is 1. The molecule has 3 aliphatic rings. The molecule has 12 heteroatoms. The van der Waals surface area contributed by atoms with Crippen LogP contribution in [0.4, 0.5) is 5.69 Å². The lowest BCUT2D eigenvalue weighted by molar-refractivity contribution is -0.384. The Bertz CT molecular complexity index is 2590. The average Bonchev–Trinajstić information content (AvgIpc) is 3.34. The second kappa shape index (κ2) is 21.1. The van der Waals surface area contributed by atoms with Gasteiger partial charge in [0, 0.05) is 56.4 Å². The molecule has 1 amide bonds. The summed E-state index contributed by atoms with van der Waals surface area (Å²) in [6, 6.07) is 35.2. The maximum absolute atomic E-state index is 14.5. The van der Waals surface area contributed by atoms with Crippen LogP contribution in [0.15, 0.2) is 151 Å². The minimum Gasteiger partial charge on any atom is -0.459 e. The molecule has 0 spiro atoms. The fourth-order valence-electron chi connectivity index (χ4n) is 10.1. The number of carbonyl (C=O) groups excluding carboxylic acids is 1. The summed E-state index contributed by atoms with van der Waals surface area (Å²) in [5, 5.41) is 38.3. The van der Waals surface area contributed by atoms with Gasteiger partial charge in [0.05, 0.1) is 23.2 Å². The second-order valence-corrected chi connectivity index (χ2v) is 17.3. The third-order valence-electron chi connectivity index (χ3n) is 13.2. The van der Waals surface area contributed by atoms with E-state index in [1.54, 1.807) is 36.2 Å². The summed E-state index contributed by atoms with van der Waals surface area (Å²) in [7, 11) is 1.73. The normalized spacial score (nSPS) is 22.5. The van der Waals surface area contributed by atoms with Gasteiger partial charge in [-0.3, -0.25) is 14.9 Å². The van der Waals surface area contributed by atoms with Crippen LogP contribution >= 0.6 is 0 Å². The zero-order valence-electron chi connectivity index (χ0n) is 37.2. The van der Waals surface area contributed by atoms with Crippen molar-refractivity contribution < 1.29 is 39.0 Å². The molecule has 6 unspecified atom stereocenters.